The molecule has 2 heterocycles. The highest BCUT2D eigenvalue weighted by atomic mass is 32.2. The van der Waals surface area contributed by atoms with E-state index in [2.05, 4.69) is 38.8 Å². The lowest BCUT2D eigenvalue weighted by molar-refractivity contribution is 0.471. The standard InChI is InChI=1S/C14H24N4S/c1-2-19-12-7-6-11(9-12)15-10-14-17-16-13-5-3-4-8-18(13)14/h11-12,15H,2-10H2,1H3. The molecule has 1 aromatic rings. The van der Waals surface area contributed by atoms with Crippen molar-refractivity contribution < 1.29 is 0 Å². The van der Waals surface area contributed by atoms with E-state index < -0.39 is 0 Å². The Morgan fingerprint density at radius 2 is 2.26 bits per heavy atom. The molecular formula is C14H24N4S. The minimum atomic E-state index is 0.681. The summed E-state index contributed by atoms with van der Waals surface area (Å²) in [7, 11) is 0. The van der Waals surface area contributed by atoms with Crippen molar-refractivity contribution in [2.75, 3.05) is 5.75 Å². The fraction of sp³-hybridized carbons (Fsp3) is 0.857. The van der Waals surface area contributed by atoms with Crippen LogP contribution in [0.5, 0.6) is 0 Å². The van der Waals surface area contributed by atoms with Crippen LogP contribution >= 0.6 is 11.8 Å². The molecule has 1 saturated carbocycles. The van der Waals surface area contributed by atoms with E-state index in [1.807, 2.05) is 0 Å². The van der Waals surface area contributed by atoms with Gasteiger partial charge in [-0.1, -0.05) is 6.92 Å². The fourth-order valence-corrected chi connectivity index (χ4v) is 4.39. The van der Waals surface area contributed by atoms with Crippen LogP contribution in [0.4, 0.5) is 0 Å². The normalized spacial score (nSPS) is 26.6. The topological polar surface area (TPSA) is 42.7 Å². The second-order valence-electron chi connectivity index (χ2n) is 5.61. The van der Waals surface area contributed by atoms with Crippen molar-refractivity contribution in [3.8, 4) is 0 Å². The lowest BCUT2D eigenvalue weighted by atomic mass is 10.1. The van der Waals surface area contributed by atoms with E-state index in [9.17, 15) is 0 Å². The number of hydrogen-bond donors (Lipinski definition) is 1. The van der Waals surface area contributed by atoms with E-state index in [1.165, 1.54) is 43.7 Å². The SMILES string of the molecule is CCSC1CCC(NCc2nnc3n2CCCC3)C1. The molecule has 0 spiro atoms. The maximum atomic E-state index is 4.36. The third kappa shape index (κ3) is 3.14. The number of rotatable bonds is 5. The average molecular weight is 280 g/mol. The molecule has 19 heavy (non-hydrogen) atoms. The molecule has 5 heteroatoms. The van der Waals surface area contributed by atoms with E-state index in [4.69, 9.17) is 0 Å². The molecular weight excluding hydrogens is 256 g/mol. The number of aromatic nitrogens is 3. The molecule has 0 amide bonds. The first-order valence-electron chi connectivity index (χ1n) is 7.62. The van der Waals surface area contributed by atoms with Crippen LogP contribution in [0.25, 0.3) is 0 Å². The van der Waals surface area contributed by atoms with Crippen molar-refractivity contribution in [3.05, 3.63) is 11.6 Å². The first-order chi connectivity index (χ1) is 9.36. The molecule has 2 unspecified atom stereocenters. The second kappa shape index (κ2) is 6.27. The zero-order chi connectivity index (χ0) is 13.1. The van der Waals surface area contributed by atoms with Crippen LogP contribution in [0.15, 0.2) is 0 Å². The van der Waals surface area contributed by atoms with Crippen LogP contribution in [0, 0.1) is 0 Å². The number of hydrogen-bond acceptors (Lipinski definition) is 4. The van der Waals surface area contributed by atoms with Crippen LogP contribution in [0.3, 0.4) is 0 Å². The molecule has 3 rings (SSSR count). The summed E-state index contributed by atoms with van der Waals surface area (Å²) in [5.74, 6) is 3.57. The first-order valence-corrected chi connectivity index (χ1v) is 8.67. The van der Waals surface area contributed by atoms with Crippen molar-refractivity contribution >= 4 is 11.8 Å². The summed E-state index contributed by atoms with van der Waals surface area (Å²) in [6, 6.07) is 0.681. The molecule has 106 valence electrons. The average Bonchev–Trinajstić information content (AvgIpc) is 3.04. The number of aryl methyl sites for hydroxylation is 1. The molecule has 0 radical (unpaired) electrons. The van der Waals surface area contributed by atoms with Crippen molar-refractivity contribution in [1.82, 2.24) is 20.1 Å². The maximum absolute atomic E-state index is 4.36. The molecule has 0 aromatic carbocycles. The summed E-state index contributed by atoms with van der Waals surface area (Å²) in [5, 5.41) is 13.2. The summed E-state index contributed by atoms with van der Waals surface area (Å²) < 4.78 is 2.32. The van der Waals surface area contributed by atoms with Crippen molar-refractivity contribution in [3.63, 3.8) is 0 Å². The Morgan fingerprint density at radius 1 is 1.32 bits per heavy atom. The minimum absolute atomic E-state index is 0.681. The highest BCUT2D eigenvalue weighted by molar-refractivity contribution is 7.99. The molecule has 2 aliphatic rings. The van der Waals surface area contributed by atoms with Gasteiger partial charge in [-0.25, -0.2) is 0 Å². The highest BCUT2D eigenvalue weighted by Gasteiger charge is 2.24. The fourth-order valence-electron chi connectivity index (χ4n) is 3.25. The third-order valence-corrected chi connectivity index (χ3v) is 5.50. The molecule has 1 N–H and O–H groups in total. The zero-order valence-corrected chi connectivity index (χ0v) is 12.6. The Balaban J connectivity index is 1.51. The Hall–Kier alpha value is -0.550. The summed E-state index contributed by atoms with van der Waals surface area (Å²) in [5.41, 5.74) is 0. The van der Waals surface area contributed by atoms with E-state index in [-0.39, 0.29) is 0 Å². The number of nitrogens with zero attached hydrogens (tertiary/aromatic N) is 3. The van der Waals surface area contributed by atoms with Gasteiger partial charge in [-0.2, -0.15) is 11.8 Å². The minimum Gasteiger partial charge on any atom is -0.314 e. The monoisotopic (exact) mass is 280 g/mol. The van der Waals surface area contributed by atoms with Gasteiger partial charge in [-0.15, -0.1) is 10.2 Å². The highest BCUT2D eigenvalue weighted by Crippen LogP contribution is 2.29. The number of fused-ring (bicyclic) bond motifs is 1. The van der Waals surface area contributed by atoms with Crippen molar-refractivity contribution in [2.45, 2.75) is 69.8 Å². The lowest BCUT2D eigenvalue weighted by Crippen LogP contribution is -2.28. The molecule has 1 aliphatic heterocycles. The van der Waals surface area contributed by atoms with E-state index in [0.717, 1.165) is 30.6 Å². The Morgan fingerprint density at radius 3 is 3.16 bits per heavy atom. The Bertz CT molecular complexity index is 418. The van der Waals surface area contributed by atoms with Gasteiger partial charge in [0.05, 0.1) is 6.54 Å². The van der Waals surface area contributed by atoms with Gasteiger partial charge in [-0.05, 0) is 37.9 Å². The van der Waals surface area contributed by atoms with Gasteiger partial charge in [0.25, 0.3) is 0 Å². The van der Waals surface area contributed by atoms with Crippen LogP contribution in [0.2, 0.25) is 0 Å². The van der Waals surface area contributed by atoms with Gasteiger partial charge in [0.1, 0.15) is 11.6 Å². The molecule has 2 atom stereocenters. The van der Waals surface area contributed by atoms with Gasteiger partial charge in [0.15, 0.2) is 0 Å². The van der Waals surface area contributed by atoms with Crippen molar-refractivity contribution in [1.29, 1.82) is 0 Å². The third-order valence-electron chi connectivity index (χ3n) is 4.27. The maximum Gasteiger partial charge on any atom is 0.147 e. The molecule has 1 aromatic heterocycles. The van der Waals surface area contributed by atoms with Crippen molar-refractivity contribution in [2.24, 2.45) is 0 Å². The van der Waals surface area contributed by atoms with Gasteiger partial charge in [-0.3, -0.25) is 0 Å². The van der Waals surface area contributed by atoms with Crippen LogP contribution in [0.1, 0.15) is 50.7 Å². The summed E-state index contributed by atoms with van der Waals surface area (Å²) in [6.07, 6.45) is 7.65. The summed E-state index contributed by atoms with van der Waals surface area (Å²) in [4.78, 5) is 0. The van der Waals surface area contributed by atoms with E-state index in [0.29, 0.717) is 6.04 Å². The summed E-state index contributed by atoms with van der Waals surface area (Å²) in [6.45, 7) is 4.26. The first kappa shape index (κ1) is 13.4. The van der Waals surface area contributed by atoms with Crippen LogP contribution in [-0.4, -0.2) is 31.8 Å². The quantitative estimate of drug-likeness (QED) is 0.899. The van der Waals surface area contributed by atoms with Gasteiger partial charge in [0, 0.05) is 24.3 Å². The largest absolute Gasteiger partial charge is 0.314 e. The van der Waals surface area contributed by atoms with Gasteiger partial charge >= 0.3 is 0 Å². The predicted octanol–water partition coefficient (Wildman–Crippen LogP) is 2.38. The van der Waals surface area contributed by atoms with E-state index >= 15 is 0 Å². The number of thioether (sulfide) groups is 1. The van der Waals surface area contributed by atoms with Crippen LogP contribution in [-0.2, 0) is 19.5 Å². The van der Waals surface area contributed by atoms with Gasteiger partial charge < -0.3 is 9.88 Å². The van der Waals surface area contributed by atoms with E-state index in [1.54, 1.807) is 0 Å². The molecule has 4 nitrogen and oxygen atoms in total. The molecule has 0 saturated heterocycles. The molecule has 1 aliphatic carbocycles. The smallest absolute Gasteiger partial charge is 0.147 e. The predicted molar refractivity (Wildman–Crippen MR) is 79.4 cm³/mol. The Kier molecular flexibility index (Phi) is 4.43. The summed E-state index contributed by atoms with van der Waals surface area (Å²) >= 11 is 2.12. The molecule has 1 fully saturated rings. The van der Waals surface area contributed by atoms with Gasteiger partial charge in [0.2, 0.25) is 0 Å². The second-order valence-corrected chi connectivity index (χ2v) is 7.19. The number of nitrogens with one attached hydrogen (secondary N) is 1. The Labute approximate surface area is 119 Å². The van der Waals surface area contributed by atoms with Crippen LogP contribution < -0.4 is 5.32 Å². The zero-order valence-electron chi connectivity index (χ0n) is 11.8. The molecule has 0 bridgehead atoms. The lowest BCUT2D eigenvalue weighted by Gasteiger charge is -2.16.